The first-order valence-electron chi connectivity index (χ1n) is 10.3. The van der Waals surface area contributed by atoms with Gasteiger partial charge in [0.15, 0.2) is 0 Å². The van der Waals surface area contributed by atoms with Gasteiger partial charge in [-0.2, -0.15) is 0 Å². The number of alkyl carbamates (subject to hydrolysis) is 1. The number of nitrogens with one attached hydrogen (secondary N) is 3. The number of hydrazine groups is 1. The molecule has 0 unspecified atom stereocenters. The van der Waals surface area contributed by atoms with E-state index in [2.05, 4.69) is 16.2 Å². The first-order chi connectivity index (χ1) is 14.4. The molecule has 1 aromatic rings. The van der Waals surface area contributed by atoms with Crippen LogP contribution in [-0.4, -0.2) is 41.9 Å². The summed E-state index contributed by atoms with van der Waals surface area (Å²) in [4.78, 5) is 36.2. The van der Waals surface area contributed by atoms with Crippen molar-refractivity contribution in [1.82, 2.24) is 16.2 Å². The van der Waals surface area contributed by atoms with Crippen molar-refractivity contribution < 1.29 is 28.6 Å². The molecule has 9 nitrogen and oxygen atoms in total. The van der Waals surface area contributed by atoms with Crippen LogP contribution in [0, 0.1) is 0 Å². The summed E-state index contributed by atoms with van der Waals surface area (Å²) in [6.07, 6.45) is -0.484. The van der Waals surface area contributed by atoms with Crippen LogP contribution in [-0.2, 0) is 25.6 Å². The first-order valence-corrected chi connectivity index (χ1v) is 10.3. The van der Waals surface area contributed by atoms with E-state index in [1.165, 1.54) is 0 Å². The molecule has 3 N–H and O–H groups in total. The van der Waals surface area contributed by atoms with Gasteiger partial charge >= 0.3 is 18.2 Å². The van der Waals surface area contributed by atoms with Crippen LogP contribution < -0.4 is 16.2 Å². The van der Waals surface area contributed by atoms with Crippen molar-refractivity contribution in [3.05, 3.63) is 35.9 Å². The molecule has 0 bridgehead atoms. The van der Waals surface area contributed by atoms with Gasteiger partial charge in [-0.3, -0.25) is 10.2 Å². The zero-order valence-electron chi connectivity index (χ0n) is 19.2. The molecule has 2 amide bonds. The van der Waals surface area contributed by atoms with Crippen LogP contribution in [0.15, 0.2) is 30.3 Å². The van der Waals surface area contributed by atoms with Crippen LogP contribution in [0.3, 0.4) is 0 Å². The van der Waals surface area contributed by atoms with E-state index in [9.17, 15) is 14.4 Å². The molecule has 0 aromatic heterocycles. The zero-order valence-corrected chi connectivity index (χ0v) is 19.2. The Hall–Kier alpha value is -2.81. The van der Waals surface area contributed by atoms with E-state index in [1.807, 2.05) is 30.3 Å². The second-order valence-corrected chi connectivity index (χ2v) is 8.99. The third-order valence-electron chi connectivity index (χ3n) is 3.59. The van der Waals surface area contributed by atoms with Gasteiger partial charge in [0.2, 0.25) is 0 Å². The molecule has 1 atom stereocenters. The first kappa shape index (κ1) is 26.2. The molecule has 9 heteroatoms. The SMILES string of the molecule is CC(C)(C)OC(=O)NCCC[C@H](NNC(=O)OC(C)(C)C)C(=O)OCc1ccccc1. The zero-order chi connectivity index (χ0) is 23.5. The molecule has 1 rings (SSSR count). The average Bonchev–Trinajstić information content (AvgIpc) is 2.63. The minimum atomic E-state index is -0.823. The van der Waals surface area contributed by atoms with Gasteiger partial charge in [0, 0.05) is 6.54 Å². The van der Waals surface area contributed by atoms with Gasteiger partial charge < -0.3 is 19.5 Å². The number of benzene rings is 1. The van der Waals surface area contributed by atoms with Crippen LogP contribution >= 0.6 is 0 Å². The Morgan fingerprint density at radius 1 is 0.903 bits per heavy atom. The van der Waals surface area contributed by atoms with Gasteiger partial charge in [0.1, 0.15) is 23.9 Å². The van der Waals surface area contributed by atoms with Gasteiger partial charge in [-0.05, 0) is 59.9 Å². The van der Waals surface area contributed by atoms with Gasteiger partial charge in [-0.25, -0.2) is 15.0 Å². The highest BCUT2D eigenvalue weighted by atomic mass is 16.6. The maximum Gasteiger partial charge on any atom is 0.422 e. The summed E-state index contributed by atoms with van der Waals surface area (Å²) >= 11 is 0. The predicted octanol–water partition coefficient (Wildman–Crippen LogP) is 3.43. The van der Waals surface area contributed by atoms with Crippen LogP contribution in [0.25, 0.3) is 0 Å². The molecule has 0 aliphatic rings. The number of rotatable bonds is 9. The van der Waals surface area contributed by atoms with Crippen molar-refractivity contribution in [3.8, 4) is 0 Å². The van der Waals surface area contributed by atoms with E-state index >= 15 is 0 Å². The van der Waals surface area contributed by atoms with Crippen molar-refractivity contribution in [1.29, 1.82) is 0 Å². The molecule has 0 saturated carbocycles. The second kappa shape index (κ2) is 12.1. The Kier molecular flexibility index (Phi) is 10.3. The monoisotopic (exact) mass is 437 g/mol. The molecule has 0 fully saturated rings. The van der Waals surface area contributed by atoms with Crippen LogP contribution in [0.2, 0.25) is 0 Å². The second-order valence-electron chi connectivity index (χ2n) is 8.99. The molecule has 0 aliphatic carbocycles. The molecule has 0 radical (unpaired) electrons. The fourth-order valence-corrected chi connectivity index (χ4v) is 2.34. The Morgan fingerprint density at radius 2 is 1.48 bits per heavy atom. The highest BCUT2D eigenvalue weighted by Gasteiger charge is 2.23. The number of hydrogen-bond acceptors (Lipinski definition) is 7. The number of ether oxygens (including phenoxy) is 3. The number of carbonyl (C=O) groups excluding carboxylic acids is 3. The van der Waals surface area contributed by atoms with E-state index in [-0.39, 0.29) is 6.61 Å². The normalized spacial score (nSPS) is 12.5. The fourth-order valence-electron chi connectivity index (χ4n) is 2.34. The molecule has 174 valence electrons. The maximum atomic E-state index is 12.5. The summed E-state index contributed by atoms with van der Waals surface area (Å²) < 4.78 is 15.7. The lowest BCUT2D eigenvalue weighted by atomic mass is 10.1. The molecular formula is C22H35N3O6. The number of amides is 2. The third kappa shape index (κ3) is 13.2. The summed E-state index contributed by atoms with van der Waals surface area (Å²) in [7, 11) is 0. The summed E-state index contributed by atoms with van der Waals surface area (Å²) in [5.41, 5.74) is 4.62. The highest BCUT2D eigenvalue weighted by Crippen LogP contribution is 2.08. The largest absolute Gasteiger partial charge is 0.460 e. The van der Waals surface area contributed by atoms with Crippen LogP contribution in [0.4, 0.5) is 9.59 Å². The maximum absolute atomic E-state index is 12.5. The summed E-state index contributed by atoms with van der Waals surface area (Å²) in [6.45, 7) is 10.9. The lowest BCUT2D eigenvalue weighted by Crippen LogP contribution is -2.50. The lowest BCUT2D eigenvalue weighted by Gasteiger charge is -2.22. The molecule has 31 heavy (non-hydrogen) atoms. The fraction of sp³-hybridized carbons (Fsp3) is 0.591. The standard InChI is InChI=1S/C22H35N3O6/c1-21(2,3)30-19(27)23-14-10-13-17(24-25-20(28)31-22(4,5)6)18(26)29-15-16-11-8-7-9-12-16/h7-9,11-12,17,24H,10,13-15H2,1-6H3,(H,23,27)(H,25,28)/t17-/m0/s1. The Balaban J connectivity index is 2.57. The summed E-state index contributed by atoms with van der Waals surface area (Å²) in [5.74, 6) is -0.530. The predicted molar refractivity (Wildman–Crippen MR) is 116 cm³/mol. The number of carbonyl (C=O) groups is 3. The van der Waals surface area contributed by atoms with Crippen molar-refractivity contribution in [2.24, 2.45) is 0 Å². The van der Waals surface area contributed by atoms with E-state index in [1.54, 1.807) is 41.5 Å². The minimum absolute atomic E-state index is 0.112. The molecule has 0 spiro atoms. The summed E-state index contributed by atoms with van der Waals surface area (Å²) in [5, 5.41) is 2.63. The Labute approximate surface area is 184 Å². The van der Waals surface area contributed by atoms with E-state index in [0.29, 0.717) is 19.4 Å². The third-order valence-corrected chi connectivity index (χ3v) is 3.59. The Bertz CT molecular complexity index is 710. The quantitative estimate of drug-likeness (QED) is 0.235. The molecule has 1 aromatic carbocycles. The van der Waals surface area contributed by atoms with E-state index < -0.39 is 35.4 Å². The van der Waals surface area contributed by atoms with Crippen LogP contribution in [0.1, 0.15) is 59.9 Å². The molecule has 0 saturated heterocycles. The van der Waals surface area contributed by atoms with E-state index in [4.69, 9.17) is 14.2 Å². The minimum Gasteiger partial charge on any atom is -0.460 e. The van der Waals surface area contributed by atoms with Gasteiger partial charge in [-0.15, -0.1) is 0 Å². The van der Waals surface area contributed by atoms with Crippen molar-refractivity contribution in [3.63, 3.8) is 0 Å². The lowest BCUT2D eigenvalue weighted by molar-refractivity contribution is -0.148. The number of hydrogen-bond donors (Lipinski definition) is 3. The summed E-state index contributed by atoms with van der Waals surface area (Å²) in [6, 6.07) is 8.45. The van der Waals surface area contributed by atoms with Crippen molar-refractivity contribution in [2.75, 3.05) is 6.54 Å². The van der Waals surface area contributed by atoms with Crippen LogP contribution in [0.5, 0.6) is 0 Å². The van der Waals surface area contributed by atoms with Gasteiger partial charge in [-0.1, -0.05) is 30.3 Å². The van der Waals surface area contributed by atoms with E-state index in [0.717, 1.165) is 5.56 Å². The number of esters is 1. The molecular weight excluding hydrogens is 402 g/mol. The van der Waals surface area contributed by atoms with Crippen molar-refractivity contribution >= 4 is 18.2 Å². The smallest absolute Gasteiger partial charge is 0.422 e. The van der Waals surface area contributed by atoms with Crippen molar-refractivity contribution in [2.45, 2.75) is 78.2 Å². The molecule has 0 aliphatic heterocycles. The highest BCUT2D eigenvalue weighted by molar-refractivity contribution is 5.76. The topological polar surface area (TPSA) is 115 Å². The Morgan fingerprint density at radius 3 is 2.06 bits per heavy atom. The van der Waals surface area contributed by atoms with Gasteiger partial charge in [0.05, 0.1) is 0 Å². The van der Waals surface area contributed by atoms with Gasteiger partial charge in [0.25, 0.3) is 0 Å². The average molecular weight is 438 g/mol. The molecule has 0 heterocycles.